The normalized spacial score (nSPS) is 17.7. The Balaban J connectivity index is 2.15. The van der Waals surface area contributed by atoms with Gasteiger partial charge in [-0.2, -0.15) is 0 Å². The predicted molar refractivity (Wildman–Crippen MR) is 72.1 cm³/mol. The molecule has 0 saturated carbocycles. The maximum Gasteiger partial charge on any atom is 0.317 e. The second-order valence-corrected chi connectivity index (χ2v) is 6.30. The molecule has 1 rings (SSSR count). The van der Waals surface area contributed by atoms with Crippen molar-refractivity contribution in [2.75, 3.05) is 19.6 Å². The maximum atomic E-state index is 11.9. The van der Waals surface area contributed by atoms with Crippen LogP contribution in [0.2, 0.25) is 0 Å². The van der Waals surface area contributed by atoms with Gasteiger partial charge in [0.1, 0.15) is 0 Å². The largest absolute Gasteiger partial charge is 0.338 e. The molecule has 17 heavy (non-hydrogen) atoms. The summed E-state index contributed by atoms with van der Waals surface area (Å²) < 4.78 is 0. The molecule has 3 heteroatoms. The number of hydrogen-bond donors (Lipinski definition) is 1. The number of urea groups is 1. The summed E-state index contributed by atoms with van der Waals surface area (Å²) >= 11 is 0. The quantitative estimate of drug-likeness (QED) is 0.753. The van der Waals surface area contributed by atoms with Gasteiger partial charge in [0.15, 0.2) is 0 Å². The molecular weight excluding hydrogens is 212 g/mol. The van der Waals surface area contributed by atoms with Gasteiger partial charge in [0.25, 0.3) is 0 Å². The van der Waals surface area contributed by atoms with Gasteiger partial charge >= 0.3 is 6.03 Å². The molecule has 0 bridgehead atoms. The van der Waals surface area contributed by atoms with Crippen LogP contribution < -0.4 is 5.32 Å². The van der Waals surface area contributed by atoms with Crippen LogP contribution in [0, 0.1) is 5.41 Å². The number of carbonyl (C=O) groups excluding carboxylic acids is 1. The van der Waals surface area contributed by atoms with Crippen LogP contribution >= 0.6 is 0 Å². The Morgan fingerprint density at radius 2 is 1.71 bits per heavy atom. The first kappa shape index (κ1) is 14.3. The Kier molecular flexibility index (Phi) is 5.79. The number of hydrogen-bond acceptors (Lipinski definition) is 1. The molecule has 1 heterocycles. The minimum Gasteiger partial charge on any atom is -0.338 e. The molecule has 1 aliphatic heterocycles. The lowest BCUT2D eigenvalue weighted by Crippen LogP contribution is -2.40. The minimum atomic E-state index is 0.140. The first-order valence-electron chi connectivity index (χ1n) is 7.02. The average Bonchev–Trinajstić information content (AvgIpc) is 2.51. The summed E-state index contributed by atoms with van der Waals surface area (Å²) in [5.74, 6) is 0. The molecule has 0 aromatic heterocycles. The molecule has 0 aromatic carbocycles. The molecule has 1 aliphatic rings. The molecule has 1 N–H and O–H groups in total. The second-order valence-electron chi connectivity index (χ2n) is 6.30. The molecule has 0 spiro atoms. The van der Waals surface area contributed by atoms with E-state index in [-0.39, 0.29) is 6.03 Å². The van der Waals surface area contributed by atoms with Crippen LogP contribution in [0.4, 0.5) is 4.79 Å². The zero-order valence-corrected chi connectivity index (χ0v) is 11.7. The lowest BCUT2D eigenvalue weighted by atomic mass is 9.91. The highest BCUT2D eigenvalue weighted by Crippen LogP contribution is 2.19. The highest BCUT2D eigenvalue weighted by Gasteiger charge is 2.15. The van der Waals surface area contributed by atoms with E-state index in [1.165, 1.54) is 12.8 Å². The molecule has 0 radical (unpaired) electrons. The van der Waals surface area contributed by atoms with Crippen LogP contribution in [0.5, 0.6) is 0 Å². The van der Waals surface area contributed by atoms with Crippen molar-refractivity contribution in [3.8, 4) is 0 Å². The molecule has 2 amide bonds. The topological polar surface area (TPSA) is 32.3 Å². The van der Waals surface area contributed by atoms with Crippen LogP contribution in [0.15, 0.2) is 0 Å². The van der Waals surface area contributed by atoms with Crippen LogP contribution in [0.3, 0.4) is 0 Å². The second kappa shape index (κ2) is 6.87. The third-order valence-electron chi connectivity index (χ3n) is 3.27. The van der Waals surface area contributed by atoms with Crippen LogP contribution in [0.25, 0.3) is 0 Å². The summed E-state index contributed by atoms with van der Waals surface area (Å²) in [6.45, 7) is 9.40. The number of nitrogens with zero attached hydrogens (tertiary/aromatic N) is 1. The Morgan fingerprint density at radius 1 is 1.12 bits per heavy atom. The monoisotopic (exact) mass is 240 g/mol. The van der Waals surface area contributed by atoms with Crippen LogP contribution in [-0.2, 0) is 0 Å². The van der Waals surface area contributed by atoms with Crippen molar-refractivity contribution < 1.29 is 4.79 Å². The summed E-state index contributed by atoms with van der Waals surface area (Å²) in [4.78, 5) is 13.9. The SMILES string of the molecule is CC(C)(C)CCCNC(=O)N1CCCCCC1. The van der Waals surface area contributed by atoms with Crippen LogP contribution in [0.1, 0.15) is 59.3 Å². The third kappa shape index (κ3) is 6.54. The molecule has 3 nitrogen and oxygen atoms in total. The van der Waals surface area contributed by atoms with Crippen molar-refractivity contribution in [3.63, 3.8) is 0 Å². The fraction of sp³-hybridized carbons (Fsp3) is 0.929. The number of likely N-dealkylation sites (tertiary alicyclic amines) is 1. The first-order chi connectivity index (χ1) is 7.99. The van der Waals surface area contributed by atoms with Gasteiger partial charge in [0, 0.05) is 19.6 Å². The molecule has 0 aromatic rings. The van der Waals surface area contributed by atoms with Crippen LogP contribution in [-0.4, -0.2) is 30.6 Å². The predicted octanol–water partition coefficient (Wildman–Crippen LogP) is 3.40. The van der Waals surface area contributed by atoms with E-state index in [1.807, 2.05) is 4.90 Å². The number of amides is 2. The molecule has 0 unspecified atom stereocenters. The Labute approximate surface area is 106 Å². The van der Waals surface area contributed by atoms with Gasteiger partial charge in [0.2, 0.25) is 0 Å². The van der Waals surface area contributed by atoms with Crippen molar-refractivity contribution in [3.05, 3.63) is 0 Å². The number of carbonyl (C=O) groups is 1. The Hall–Kier alpha value is -0.730. The summed E-state index contributed by atoms with van der Waals surface area (Å²) in [6, 6.07) is 0.140. The number of nitrogens with one attached hydrogen (secondary N) is 1. The smallest absolute Gasteiger partial charge is 0.317 e. The zero-order valence-electron chi connectivity index (χ0n) is 11.7. The van der Waals surface area contributed by atoms with Gasteiger partial charge in [-0.15, -0.1) is 0 Å². The highest BCUT2D eigenvalue weighted by atomic mass is 16.2. The van der Waals surface area contributed by atoms with Gasteiger partial charge in [-0.1, -0.05) is 33.6 Å². The Morgan fingerprint density at radius 3 is 2.24 bits per heavy atom. The lowest BCUT2D eigenvalue weighted by molar-refractivity contribution is 0.199. The van der Waals surface area contributed by atoms with Crippen molar-refractivity contribution in [2.45, 2.75) is 59.3 Å². The first-order valence-corrected chi connectivity index (χ1v) is 7.02. The van der Waals surface area contributed by atoms with E-state index in [4.69, 9.17) is 0 Å². The van der Waals surface area contributed by atoms with Gasteiger partial charge < -0.3 is 10.2 Å². The van der Waals surface area contributed by atoms with E-state index in [0.29, 0.717) is 5.41 Å². The van der Waals surface area contributed by atoms with Gasteiger partial charge in [0.05, 0.1) is 0 Å². The molecular formula is C14H28N2O. The summed E-state index contributed by atoms with van der Waals surface area (Å²) in [5, 5.41) is 3.04. The van der Waals surface area contributed by atoms with E-state index in [1.54, 1.807) is 0 Å². The third-order valence-corrected chi connectivity index (χ3v) is 3.27. The standard InChI is InChI=1S/C14H28N2O/c1-14(2,3)9-8-10-15-13(17)16-11-6-4-5-7-12-16/h4-12H2,1-3H3,(H,15,17). The fourth-order valence-electron chi connectivity index (χ4n) is 2.20. The fourth-order valence-corrected chi connectivity index (χ4v) is 2.20. The molecule has 1 saturated heterocycles. The van der Waals surface area contributed by atoms with Crippen molar-refractivity contribution >= 4 is 6.03 Å². The van der Waals surface area contributed by atoms with Gasteiger partial charge in [-0.25, -0.2) is 4.79 Å². The van der Waals surface area contributed by atoms with Crippen molar-refractivity contribution in [1.29, 1.82) is 0 Å². The molecule has 0 aliphatic carbocycles. The minimum absolute atomic E-state index is 0.140. The zero-order chi connectivity index (χ0) is 12.7. The molecule has 100 valence electrons. The molecule has 0 atom stereocenters. The van der Waals surface area contributed by atoms with Gasteiger partial charge in [-0.05, 0) is 31.1 Å². The van der Waals surface area contributed by atoms with E-state index in [2.05, 4.69) is 26.1 Å². The maximum absolute atomic E-state index is 11.9. The van der Waals surface area contributed by atoms with E-state index in [9.17, 15) is 4.79 Å². The van der Waals surface area contributed by atoms with E-state index < -0.39 is 0 Å². The summed E-state index contributed by atoms with van der Waals surface area (Å²) in [6.07, 6.45) is 7.10. The summed E-state index contributed by atoms with van der Waals surface area (Å²) in [7, 11) is 0. The van der Waals surface area contributed by atoms with Crippen molar-refractivity contribution in [1.82, 2.24) is 10.2 Å². The highest BCUT2D eigenvalue weighted by molar-refractivity contribution is 5.74. The van der Waals surface area contributed by atoms with Crippen molar-refractivity contribution in [2.24, 2.45) is 5.41 Å². The summed E-state index contributed by atoms with van der Waals surface area (Å²) in [5.41, 5.74) is 0.368. The van der Waals surface area contributed by atoms with E-state index >= 15 is 0 Å². The number of rotatable bonds is 3. The average molecular weight is 240 g/mol. The molecule has 1 fully saturated rings. The van der Waals surface area contributed by atoms with E-state index in [0.717, 1.165) is 45.3 Å². The lowest BCUT2D eigenvalue weighted by Gasteiger charge is -2.22. The van der Waals surface area contributed by atoms with Gasteiger partial charge in [-0.3, -0.25) is 0 Å². The Bertz CT molecular complexity index is 225.